The molecule has 2 fully saturated rings. The maximum Gasteiger partial charge on any atom is 0.00696 e. The Kier molecular flexibility index (Phi) is 10.3. The average Bonchev–Trinajstić information content (AvgIpc) is 2.64. The average molecular weight is 308 g/mol. The van der Waals surface area contributed by atoms with Crippen LogP contribution in [0.15, 0.2) is 0 Å². The molecule has 0 saturated heterocycles. The first-order chi connectivity index (χ1) is 10.9. The highest BCUT2D eigenvalue weighted by atomic mass is 14.9. The highest BCUT2D eigenvalue weighted by molar-refractivity contribution is 4.76. The molecule has 1 heteroatoms. The van der Waals surface area contributed by atoms with Crippen molar-refractivity contribution in [3.8, 4) is 0 Å². The van der Waals surface area contributed by atoms with E-state index in [1.54, 1.807) is 0 Å². The summed E-state index contributed by atoms with van der Waals surface area (Å²) in [6.07, 6.45) is 27.9. The highest BCUT2D eigenvalue weighted by Crippen LogP contribution is 2.21. The largest absolute Gasteiger partial charge is 0.311 e. The van der Waals surface area contributed by atoms with Gasteiger partial charge in [-0.15, -0.1) is 0 Å². The van der Waals surface area contributed by atoms with Crippen molar-refractivity contribution in [3.63, 3.8) is 0 Å². The molecule has 130 valence electrons. The van der Waals surface area contributed by atoms with Crippen molar-refractivity contribution < 1.29 is 0 Å². The third-order valence-electron chi connectivity index (χ3n) is 5.93. The van der Waals surface area contributed by atoms with Gasteiger partial charge >= 0.3 is 0 Å². The SMILES string of the molecule is C1CCCCCC(NC2CCCCCCCC2)CCCCC1. The third-order valence-corrected chi connectivity index (χ3v) is 5.93. The molecule has 0 amide bonds. The summed E-state index contributed by atoms with van der Waals surface area (Å²) >= 11 is 0. The maximum atomic E-state index is 4.11. The van der Waals surface area contributed by atoms with Crippen LogP contribution >= 0.6 is 0 Å². The van der Waals surface area contributed by atoms with E-state index < -0.39 is 0 Å². The second-order valence-corrected chi connectivity index (χ2v) is 8.02. The minimum Gasteiger partial charge on any atom is -0.311 e. The second-order valence-electron chi connectivity index (χ2n) is 8.02. The summed E-state index contributed by atoms with van der Waals surface area (Å²) in [5.74, 6) is 0. The fourth-order valence-corrected chi connectivity index (χ4v) is 4.46. The van der Waals surface area contributed by atoms with Crippen molar-refractivity contribution in [2.24, 2.45) is 0 Å². The molecule has 0 bridgehead atoms. The van der Waals surface area contributed by atoms with Crippen molar-refractivity contribution in [3.05, 3.63) is 0 Å². The Morgan fingerprint density at radius 3 is 0.818 bits per heavy atom. The van der Waals surface area contributed by atoms with Crippen LogP contribution in [0.4, 0.5) is 0 Å². The molecule has 0 aromatic heterocycles. The van der Waals surface area contributed by atoms with Gasteiger partial charge in [0.2, 0.25) is 0 Å². The fourth-order valence-electron chi connectivity index (χ4n) is 4.46. The Labute approximate surface area is 140 Å². The topological polar surface area (TPSA) is 12.0 Å². The molecule has 1 nitrogen and oxygen atoms in total. The van der Waals surface area contributed by atoms with Gasteiger partial charge in [0.1, 0.15) is 0 Å². The van der Waals surface area contributed by atoms with Gasteiger partial charge in [0, 0.05) is 12.1 Å². The molecule has 2 rings (SSSR count). The molecular weight excluding hydrogens is 266 g/mol. The van der Waals surface area contributed by atoms with Crippen molar-refractivity contribution >= 4 is 0 Å². The Bertz CT molecular complexity index is 228. The van der Waals surface area contributed by atoms with Crippen LogP contribution in [0.5, 0.6) is 0 Å². The van der Waals surface area contributed by atoms with E-state index in [9.17, 15) is 0 Å². The van der Waals surface area contributed by atoms with Gasteiger partial charge in [0.15, 0.2) is 0 Å². The van der Waals surface area contributed by atoms with E-state index in [0.717, 1.165) is 12.1 Å². The van der Waals surface area contributed by atoms with E-state index in [0.29, 0.717) is 0 Å². The maximum absolute atomic E-state index is 4.11. The normalized spacial score (nSPS) is 26.2. The number of nitrogens with one attached hydrogen (secondary N) is 1. The van der Waals surface area contributed by atoms with Gasteiger partial charge in [0.25, 0.3) is 0 Å². The predicted octanol–water partition coefficient (Wildman–Crippen LogP) is 6.75. The minimum atomic E-state index is 0.824. The van der Waals surface area contributed by atoms with E-state index in [1.165, 1.54) is 122 Å². The first-order valence-electron chi connectivity index (χ1n) is 10.7. The number of rotatable bonds is 2. The van der Waals surface area contributed by atoms with Crippen molar-refractivity contribution in [1.82, 2.24) is 5.32 Å². The van der Waals surface area contributed by atoms with Crippen LogP contribution in [0.2, 0.25) is 0 Å². The Balaban J connectivity index is 1.74. The van der Waals surface area contributed by atoms with E-state index in [2.05, 4.69) is 5.32 Å². The lowest BCUT2D eigenvalue weighted by molar-refractivity contribution is 0.334. The predicted molar refractivity (Wildman–Crippen MR) is 98.4 cm³/mol. The Hall–Kier alpha value is -0.0400. The van der Waals surface area contributed by atoms with Crippen LogP contribution in [0.25, 0.3) is 0 Å². The van der Waals surface area contributed by atoms with Gasteiger partial charge in [-0.25, -0.2) is 0 Å². The quantitative estimate of drug-likeness (QED) is 0.594. The molecule has 0 unspecified atom stereocenters. The number of hydrogen-bond acceptors (Lipinski definition) is 1. The zero-order valence-corrected chi connectivity index (χ0v) is 15.1. The summed E-state index contributed by atoms with van der Waals surface area (Å²) in [5, 5.41) is 4.11. The van der Waals surface area contributed by atoms with Gasteiger partial charge < -0.3 is 5.32 Å². The van der Waals surface area contributed by atoms with Gasteiger partial charge in [-0.05, 0) is 25.7 Å². The lowest BCUT2D eigenvalue weighted by Crippen LogP contribution is -2.38. The van der Waals surface area contributed by atoms with Gasteiger partial charge in [-0.3, -0.25) is 0 Å². The molecule has 0 aliphatic heterocycles. The first-order valence-corrected chi connectivity index (χ1v) is 10.7. The van der Waals surface area contributed by atoms with Crippen LogP contribution in [0.1, 0.15) is 122 Å². The Morgan fingerprint density at radius 2 is 0.545 bits per heavy atom. The Morgan fingerprint density at radius 1 is 0.318 bits per heavy atom. The van der Waals surface area contributed by atoms with E-state index in [1.807, 2.05) is 0 Å². The molecule has 0 radical (unpaired) electrons. The number of hydrogen-bond donors (Lipinski definition) is 1. The summed E-state index contributed by atoms with van der Waals surface area (Å²) in [6, 6.07) is 1.65. The highest BCUT2D eigenvalue weighted by Gasteiger charge is 2.16. The van der Waals surface area contributed by atoms with Crippen molar-refractivity contribution in [1.29, 1.82) is 0 Å². The molecule has 0 heterocycles. The molecule has 22 heavy (non-hydrogen) atoms. The van der Waals surface area contributed by atoms with Crippen molar-refractivity contribution in [2.45, 2.75) is 134 Å². The van der Waals surface area contributed by atoms with Crippen LogP contribution in [0.3, 0.4) is 0 Å². The molecule has 0 spiro atoms. The molecule has 2 aliphatic carbocycles. The molecule has 2 aliphatic rings. The molecule has 2 saturated carbocycles. The summed E-state index contributed by atoms with van der Waals surface area (Å²) in [6.45, 7) is 0. The summed E-state index contributed by atoms with van der Waals surface area (Å²) in [5.41, 5.74) is 0. The molecule has 0 atom stereocenters. The minimum absolute atomic E-state index is 0.824. The molecular formula is C21H41N. The van der Waals surface area contributed by atoms with Crippen LogP contribution in [-0.4, -0.2) is 12.1 Å². The third kappa shape index (κ3) is 8.56. The smallest absolute Gasteiger partial charge is 0.00696 e. The van der Waals surface area contributed by atoms with Gasteiger partial charge in [-0.2, -0.15) is 0 Å². The molecule has 0 aromatic carbocycles. The summed E-state index contributed by atoms with van der Waals surface area (Å²) in [4.78, 5) is 0. The standard InChI is InChI=1S/C21H41N/c1-2-4-8-12-16-20(17-13-9-5-3-1)22-21-18-14-10-6-7-11-15-19-21/h20-22H,1-19H2. The van der Waals surface area contributed by atoms with Crippen molar-refractivity contribution in [2.75, 3.05) is 0 Å². The van der Waals surface area contributed by atoms with Gasteiger partial charge in [0.05, 0.1) is 0 Å². The lowest BCUT2D eigenvalue weighted by atomic mass is 9.96. The monoisotopic (exact) mass is 307 g/mol. The lowest BCUT2D eigenvalue weighted by Gasteiger charge is -2.26. The molecule has 1 N–H and O–H groups in total. The van der Waals surface area contributed by atoms with Crippen LogP contribution in [-0.2, 0) is 0 Å². The first kappa shape index (κ1) is 18.3. The van der Waals surface area contributed by atoms with E-state index >= 15 is 0 Å². The zero-order valence-electron chi connectivity index (χ0n) is 15.1. The van der Waals surface area contributed by atoms with Crippen LogP contribution < -0.4 is 5.32 Å². The summed E-state index contributed by atoms with van der Waals surface area (Å²) < 4.78 is 0. The zero-order chi connectivity index (χ0) is 15.3. The fraction of sp³-hybridized carbons (Fsp3) is 1.00. The van der Waals surface area contributed by atoms with E-state index in [-0.39, 0.29) is 0 Å². The second kappa shape index (κ2) is 12.4. The van der Waals surface area contributed by atoms with E-state index in [4.69, 9.17) is 0 Å². The summed E-state index contributed by atoms with van der Waals surface area (Å²) in [7, 11) is 0. The van der Waals surface area contributed by atoms with Gasteiger partial charge in [-0.1, -0.05) is 96.3 Å². The van der Waals surface area contributed by atoms with Crippen LogP contribution in [0, 0.1) is 0 Å². The molecule has 0 aromatic rings.